The summed E-state index contributed by atoms with van der Waals surface area (Å²) in [5.41, 5.74) is 4.22. The Balaban J connectivity index is 1.41. The van der Waals surface area contributed by atoms with Gasteiger partial charge in [0, 0.05) is 36.8 Å². The molecule has 0 bridgehead atoms. The molecule has 30 heteroatoms. The van der Waals surface area contributed by atoms with Crippen LogP contribution in [0.15, 0.2) is 37.0 Å². The van der Waals surface area contributed by atoms with Crippen LogP contribution >= 0.6 is 35.2 Å². The number of fused-ring (bicyclic) bond motifs is 1. The number of carbonyl (C=O) groups is 4. The maximum atomic E-state index is 12.7. The molecule has 1 aliphatic rings. The van der Waals surface area contributed by atoms with E-state index in [1.54, 1.807) is 12.2 Å². The zero-order valence-corrected chi connectivity index (χ0v) is 36.1. The van der Waals surface area contributed by atoms with Gasteiger partial charge in [-0.2, -0.15) is 4.31 Å². The quantitative estimate of drug-likeness (QED) is 0.0347. The number of phosphoric acid groups is 3. The highest BCUT2D eigenvalue weighted by molar-refractivity contribution is 8.14. The number of rotatable bonds is 26. The molecule has 11 N–H and O–H groups in total. The van der Waals surface area contributed by atoms with E-state index in [1.165, 1.54) is 19.9 Å². The van der Waals surface area contributed by atoms with E-state index in [2.05, 4.69) is 34.4 Å². The third-order valence-electron chi connectivity index (χ3n) is 8.25. The number of allylic oxidation sites excluding steroid dienone is 2. The Hall–Kier alpha value is -3.49. The van der Waals surface area contributed by atoms with Gasteiger partial charge in [-0.05, 0) is 31.8 Å². The van der Waals surface area contributed by atoms with Crippen LogP contribution in [0, 0.1) is 5.41 Å². The summed E-state index contributed by atoms with van der Waals surface area (Å²) >= 11 is 0.982. The minimum Gasteiger partial charge on any atom is -0.478 e. The van der Waals surface area contributed by atoms with Crippen LogP contribution in [-0.2, 0) is 55.5 Å². The molecule has 0 radical (unpaired) electrons. The number of nitrogens with two attached hydrogens (primary N) is 1. The monoisotopic (exact) mass is 947 g/mol. The van der Waals surface area contributed by atoms with Crippen molar-refractivity contribution in [3.05, 3.63) is 37.0 Å². The predicted molar refractivity (Wildman–Crippen MR) is 211 cm³/mol. The first-order valence-corrected chi connectivity index (χ1v) is 23.5. The number of anilines is 1. The molecule has 3 heterocycles. The molecule has 2 amide bonds. The van der Waals surface area contributed by atoms with Gasteiger partial charge in [-0.25, -0.2) is 33.4 Å². The van der Waals surface area contributed by atoms with Crippen molar-refractivity contribution >= 4 is 75.1 Å². The van der Waals surface area contributed by atoms with E-state index in [0.29, 0.717) is 12.8 Å². The number of aliphatic hydroxyl groups is 2. The van der Waals surface area contributed by atoms with Gasteiger partial charge >= 0.3 is 29.4 Å². The maximum Gasteiger partial charge on any atom is 0.481 e. The lowest BCUT2D eigenvalue weighted by Gasteiger charge is -2.30. The van der Waals surface area contributed by atoms with E-state index in [-0.39, 0.29) is 47.4 Å². The van der Waals surface area contributed by atoms with Crippen molar-refractivity contribution in [2.75, 3.05) is 37.8 Å². The topological polar surface area (TPSA) is 401 Å². The van der Waals surface area contributed by atoms with Gasteiger partial charge in [0.25, 0.3) is 0 Å². The third-order valence-corrected chi connectivity index (χ3v) is 12.2. The van der Waals surface area contributed by atoms with Crippen LogP contribution in [0.1, 0.15) is 52.2 Å². The van der Waals surface area contributed by atoms with Gasteiger partial charge in [-0.1, -0.05) is 37.8 Å². The minimum absolute atomic E-state index is 0.0223. The smallest absolute Gasteiger partial charge is 0.478 e. The first kappa shape index (κ1) is 51.9. The molecule has 26 nitrogen and oxygen atoms in total. The Bertz CT molecular complexity index is 2050. The molecule has 7 atom stereocenters. The van der Waals surface area contributed by atoms with Gasteiger partial charge < -0.3 is 56.0 Å². The van der Waals surface area contributed by atoms with Gasteiger partial charge in [0.2, 0.25) is 16.9 Å². The molecule has 0 spiro atoms. The van der Waals surface area contributed by atoms with Crippen LogP contribution in [0.4, 0.5) is 5.82 Å². The maximum absolute atomic E-state index is 12.7. The average Bonchev–Trinajstić information content (AvgIpc) is 3.72. The second-order valence-corrected chi connectivity index (χ2v) is 19.0. The second-order valence-electron chi connectivity index (χ2n) is 13.7. The number of unbranched alkanes of at least 4 members (excludes halogenated alkanes) is 3. The number of amides is 2. The van der Waals surface area contributed by atoms with Crippen molar-refractivity contribution in [2.45, 2.75) is 76.6 Å². The molecule has 7 unspecified atom stereocenters. The lowest BCUT2D eigenvalue weighted by Crippen LogP contribution is -2.46. The number of nitrogens with one attached hydrogen (secondary N) is 2. The SMILES string of the molecule is CC(C)(COP(=O)(O)OP(=O)(O)OCC1OC(n2cnc3c(N)ncnc32)C(O)C1OP(=O)(O)O)C(O)C(=O)NCCC(=O)NCCSC(=O)/C=C/CCCC/C=C/C(=O)O. The lowest BCUT2D eigenvalue weighted by molar-refractivity contribution is -0.137. The molecule has 1 saturated heterocycles. The Kier molecular flexibility index (Phi) is 19.8. The lowest BCUT2D eigenvalue weighted by atomic mass is 9.87. The molecule has 1 aliphatic heterocycles. The standard InChI is InChI=1S/C31H48N7O19P3S/c1-31(2,26(44)29(45)34-12-11-20(39)33-13-14-61-22(42)10-8-6-4-3-5-7-9-21(40)41)16-54-60(51,52)57-59(49,50)53-15-19-25(56-58(46,47)48)24(43)30(55-19)38-18-37-23-27(32)35-17-36-28(23)38/h7-10,17-19,24-26,30,43-44H,3-6,11-16H2,1-2H3,(H,33,39)(H,34,45)(H,40,41)(H,49,50)(H,51,52)(H2,32,35,36)(H2,46,47,48)/b9-7+,10-8+. The number of imidazole rings is 1. The van der Waals surface area contributed by atoms with Gasteiger partial charge in [0.05, 0.1) is 19.5 Å². The number of nitrogens with zero attached hydrogens (tertiary/aromatic N) is 4. The molecule has 0 saturated carbocycles. The Morgan fingerprint density at radius 2 is 1.66 bits per heavy atom. The van der Waals surface area contributed by atoms with Crippen molar-refractivity contribution in [3.63, 3.8) is 0 Å². The van der Waals surface area contributed by atoms with Crippen LogP contribution in [0.2, 0.25) is 0 Å². The van der Waals surface area contributed by atoms with E-state index in [9.17, 15) is 62.7 Å². The van der Waals surface area contributed by atoms with Crippen LogP contribution in [0.3, 0.4) is 0 Å². The predicted octanol–water partition coefficient (Wildman–Crippen LogP) is 0.422. The fourth-order valence-electron chi connectivity index (χ4n) is 5.22. The van der Waals surface area contributed by atoms with E-state index < -0.39 is 90.5 Å². The minimum atomic E-state index is -5.59. The molecular weight excluding hydrogens is 899 g/mol. The number of carbonyl (C=O) groups excluding carboxylic acids is 3. The molecule has 1 fully saturated rings. The van der Waals surface area contributed by atoms with Crippen molar-refractivity contribution in [1.82, 2.24) is 30.2 Å². The number of hydrogen-bond donors (Lipinski definition) is 10. The van der Waals surface area contributed by atoms with Crippen LogP contribution in [-0.4, -0.2) is 134 Å². The fraction of sp³-hybridized carbons (Fsp3) is 0.581. The van der Waals surface area contributed by atoms with Gasteiger partial charge in [0.1, 0.15) is 36.3 Å². The Labute approximate surface area is 351 Å². The highest BCUT2D eigenvalue weighted by Gasteiger charge is 2.50. The third kappa shape index (κ3) is 17.7. The number of aliphatic carboxylic acids is 1. The number of carboxylic acids is 1. The molecule has 0 aromatic carbocycles. The second kappa shape index (κ2) is 23.3. The number of ether oxygens (including phenoxy) is 1. The molecule has 342 valence electrons. The van der Waals surface area contributed by atoms with E-state index in [4.69, 9.17) is 24.6 Å². The number of aliphatic hydroxyl groups excluding tert-OH is 2. The average molecular weight is 948 g/mol. The van der Waals surface area contributed by atoms with Gasteiger partial charge in [-0.15, -0.1) is 0 Å². The number of carboxylic acid groups (broad SMARTS) is 1. The summed E-state index contributed by atoms with van der Waals surface area (Å²) < 4.78 is 62.1. The van der Waals surface area contributed by atoms with Crippen LogP contribution in [0.5, 0.6) is 0 Å². The first-order chi connectivity index (χ1) is 28.4. The van der Waals surface area contributed by atoms with E-state index >= 15 is 0 Å². The summed E-state index contributed by atoms with van der Waals surface area (Å²) in [4.78, 5) is 98.1. The highest BCUT2D eigenvalue weighted by Crippen LogP contribution is 2.61. The molecular formula is C31H48N7O19P3S. The zero-order chi connectivity index (χ0) is 45.6. The molecule has 3 rings (SSSR count). The number of thioether (sulfide) groups is 1. The number of phosphoric ester groups is 3. The summed E-state index contributed by atoms with van der Waals surface area (Å²) in [6, 6.07) is 0. The van der Waals surface area contributed by atoms with Crippen LogP contribution in [0.25, 0.3) is 11.2 Å². The first-order valence-electron chi connectivity index (χ1n) is 18.0. The van der Waals surface area contributed by atoms with Crippen molar-refractivity contribution in [1.29, 1.82) is 0 Å². The normalized spacial score (nSPS) is 21.0. The largest absolute Gasteiger partial charge is 0.481 e. The number of aromatic nitrogens is 4. The summed E-state index contributed by atoms with van der Waals surface area (Å²) in [6.07, 6.45) is 1.55. The Morgan fingerprint density at radius 3 is 2.31 bits per heavy atom. The van der Waals surface area contributed by atoms with Crippen molar-refractivity contribution < 1.29 is 90.4 Å². The van der Waals surface area contributed by atoms with E-state index in [1.807, 2.05) is 0 Å². The van der Waals surface area contributed by atoms with Gasteiger partial charge in [-0.3, -0.25) is 32.5 Å². The van der Waals surface area contributed by atoms with Crippen LogP contribution < -0.4 is 16.4 Å². The summed E-state index contributed by atoms with van der Waals surface area (Å²) in [7, 11) is -16.4. The van der Waals surface area contributed by atoms with Gasteiger partial charge in [0.15, 0.2) is 17.7 Å². The summed E-state index contributed by atoms with van der Waals surface area (Å²) in [6.45, 7) is 0.346. The molecule has 0 aliphatic carbocycles. The number of nitrogen functional groups attached to an aromatic ring is 1. The summed E-state index contributed by atoms with van der Waals surface area (Å²) in [5.74, 6) is -2.25. The number of hydrogen-bond acceptors (Lipinski definition) is 19. The Morgan fingerprint density at radius 1 is 1.00 bits per heavy atom. The highest BCUT2D eigenvalue weighted by atomic mass is 32.2. The van der Waals surface area contributed by atoms with Crippen molar-refractivity contribution in [3.8, 4) is 0 Å². The molecule has 2 aromatic rings. The summed E-state index contributed by atoms with van der Waals surface area (Å²) in [5, 5.41) is 34.7. The fourth-order valence-corrected chi connectivity index (χ4v) is 8.64. The van der Waals surface area contributed by atoms with E-state index in [0.717, 1.165) is 47.9 Å². The van der Waals surface area contributed by atoms with Crippen molar-refractivity contribution in [2.24, 2.45) is 5.41 Å². The zero-order valence-electron chi connectivity index (χ0n) is 32.6. The molecule has 2 aromatic heterocycles. The molecule has 61 heavy (non-hydrogen) atoms.